The van der Waals surface area contributed by atoms with Crippen molar-refractivity contribution in [1.82, 2.24) is 9.88 Å². The molecule has 0 spiro atoms. The zero-order valence-electron chi connectivity index (χ0n) is 14.5. The lowest BCUT2D eigenvalue weighted by Crippen LogP contribution is -2.26. The standard InChI is InChI=1S/C20H20N2OS2/c1-14-9-11-15(12-10-14)17-13-24-20(21-17)25-18(19(23)22(2)3)16-7-5-4-6-8-16/h4-13,18H,1-3H3/t18-/m0/s1. The van der Waals surface area contributed by atoms with Crippen LogP contribution in [-0.2, 0) is 4.79 Å². The van der Waals surface area contributed by atoms with Crippen LogP contribution in [0.25, 0.3) is 11.3 Å². The molecule has 1 atom stereocenters. The van der Waals surface area contributed by atoms with Gasteiger partial charge in [-0.1, -0.05) is 71.9 Å². The molecule has 0 aliphatic carbocycles. The van der Waals surface area contributed by atoms with Gasteiger partial charge in [-0.2, -0.15) is 0 Å². The van der Waals surface area contributed by atoms with E-state index < -0.39 is 0 Å². The van der Waals surface area contributed by atoms with E-state index in [2.05, 4.69) is 36.6 Å². The highest BCUT2D eigenvalue weighted by atomic mass is 32.2. The number of aromatic nitrogens is 1. The molecule has 0 saturated heterocycles. The van der Waals surface area contributed by atoms with E-state index in [1.807, 2.05) is 30.3 Å². The summed E-state index contributed by atoms with van der Waals surface area (Å²) in [5.74, 6) is 0.0725. The quantitative estimate of drug-likeness (QED) is 0.592. The van der Waals surface area contributed by atoms with E-state index in [1.165, 1.54) is 17.3 Å². The number of thioether (sulfide) groups is 1. The normalized spacial score (nSPS) is 12.0. The number of carbonyl (C=O) groups is 1. The molecule has 128 valence electrons. The molecule has 3 aromatic rings. The van der Waals surface area contributed by atoms with E-state index >= 15 is 0 Å². The van der Waals surface area contributed by atoms with Crippen LogP contribution in [0, 0.1) is 6.92 Å². The fourth-order valence-electron chi connectivity index (χ4n) is 2.39. The molecule has 0 saturated carbocycles. The molecule has 1 amide bonds. The van der Waals surface area contributed by atoms with Crippen molar-refractivity contribution in [2.45, 2.75) is 16.5 Å². The van der Waals surface area contributed by atoms with Crippen LogP contribution in [0.15, 0.2) is 64.3 Å². The Kier molecular flexibility index (Phi) is 5.56. The Hall–Kier alpha value is -2.11. The van der Waals surface area contributed by atoms with E-state index in [1.54, 1.807) is 30.3 Å². The topological polar surface area (TPSA) is 33.2 Å². The summed E-state index contributed by atoms with van der Waals surface area (Å²) >= 11 is 3.09. The van der Waals surface area contributed by atoms with Crippen LogP contribution in [0.5, 0.6) is 0 Å². The molecule has 25 heavy (non-hydrogen) atoms. The number of nitrogens with zero attached hydrogens (tertiary/aromatic N) is 2. The molecule has 0 aliphatic heterocycles. The van der Waals surface area contributed by atoms with Crippen molar-refractivity contribution in [2.24, 2.45) is 0 Å². The second kappa shape index (κ2) is 7.85. The van der Waals surface area contributed by atoms with Crippen LogP contribution >= 0.6 is 23.1 Å². The fourth-order valence-corrected chi connectivity index (χ4v) is 4.56. The Morgan fingerprint density at radius 1 is 1.08 bits per heavy atom. The Labute approximate surface area is 156 Å². The lowest BCUT2D eigenvalue weighted by atomic mass is 10.1. The van der Waals surface area contributed by atoms with Crippen LogP contribution in [0.2, 0.25) is 0 Å². The molecule has 0 fully saturated rings. The maximum Gasteiger partial charge on any atom is 0.240 e. The molecular weight excluding hydrogens is 348 g/mol. The van der Waals surface area contributed by atoms with Crippen LogP contribution in [0.4, 0.5) is 0 Å². The van der Waals surface area contributed by atoms with Crippen LogP contribution in [0.3, 0.4) is 0 Å². The Balaban J connectivity index is 1.85. The Bertz CT molecular complexity index is 842. The number of thiazole rings is 1. The second-order valence-corrected chi connectivity index (χ2v) is 8.22. The molecule has 3 nitrogen and oxygen atoms in total. The molecule has 1 heterocycles. The minimum atomic E-state index is -0.284. The average Bonchev–Trinajstić information content (AvgIpc) is 3.09. The number of hydrogen-bond acceptors (Lipinski definition) is 4. The first-order valence-electron chi connectivity index (χ1n) is 8.00. The van der Waals surface area contributed by atoms with Crippen molar-refractivity contribution in [3.05, 3.63) is 71.1 Å². The molecule has 1 aromatic heterocycles. The zero-order valence-corrected chi connectivity index (χ0v) is 16.1. The number of carbonyl (C=O) groups excluding carboxylic acids is 1. The first kappa shape index (κ1) is 17.7. The maximum atomic E-state index is 12.6. The Morgan fingerprint density at radius 2 is 1.76 bits per heavy atom. The minimum absolute atomic E-state index is 0.0725. The highest BCUT2D eigenvalue weighted by Crippen LogP contribution is 2.39. The third kappa shape index (κ3) is 4.30. The van der Waals surface area contributed by atoms with E-state index in [4.69, 9.17) is 4.98 Å². The van der Waals surface area contributed by atoms with Crippen molar-refractivity contribution in [3.8, 4) is 11.3 Å². The van der Waals surface area contributed by atoms with E-state index in [9.17, 15) is 4.79 Å². The van der Waals surface area contributed by atoms with Crippen LogP contribution in [-0.4, -0.2) is 29.9 Å². The zero-order chi connectivity index (χ0) is 17.8. The number of benzene rings is 2. The van der Waals surface area contributed by atoms with Gasteiger partial charge in [-0.3, -0.25) is 4.79 Å². The van der Waals surface area contributed by atoms with Gasteiger partial charge in [0.25, 0.3) is 0 Å². The van der Waals surface area contributed by atoms with Crippen molar-refractivity contribution in [3.63, 3.8) is 0 Å². The number of rotatable bonds is 5. The van der Waals surface area contributed by atoms with Crippen LogP contribution < -0.4 is 0 Å². The maximum absolute atomic E-state index is 12.6. The average molecular weight is 369 g/mol. The second-order valence-electron chi connectivity index (χ2n) is 6.01. The number of aryl methyl sites for hydroxylation is 1. The Morgan fingerprint density at radius 3 is 2.40 bits per heavy atom. The van der Waals surface area contributed by atoms with Gasteiger partial charge < -0.3 is 4.90 Å². The first-order chi connectivity index (χ1) is 12.0. The molecule has 5 heteroatoms. The molecule has 2 aromatic carbocycles. The van der Waals surface area contributed by atoms with Crippen molar-refractivity contribution < 1.29 is 4.79 Å². The summed E-state index contributed by atoms with van der Waals surface area (Å²) in [6.45, 7) is 2.07. The smallest absolute Gasteiger partial charge is 0.240 e. The highest BCUT2D eigenvalue weighted by Gasteiger charge is 2.24. The molecule has 0 radical (unpaired) electrons. The fraction of sp³-hybridized carbons (Fsp3) is 0.200. The SMILES string of the molecule is Cc1ccc(-c2csc(S[C@H](C(=O)N(C)C)c3ccccc3)n2)cc1. The van der Waals surface area contributed by atoms with E-state index in [0.29, 0.717) is 0 Å². The summed E-state index contributed by atoms with van der Waals surface area (Å²) in [7, 11) is 3.58. The van der Waals surface area contributed by atoms with Gasteiger partial charge in [0, 0.05) is 25.0 Å². The largest absolute Gasteiger partial charge is 0.348 e. The molecule has 0 N–H and O–H groups in total. The summed E-state index contributed by atoms with van der Waals surface area (Å²) in [5.41, 5.74) is 4.29. The third-order valence-corrected chi connectivity index (χ3v) is 6.03. The van der Waals surface area contributed by atoms with Crippen molar-refractivity contribution >= 4 is 29.0 Å². The number of amides is 1. The van der Waals surface area contributed by atoms with Gasteiger partial charge >= 0.3 is 0 Å². The van der Waals surface area contributed by atoms with Gasteiger partial charge in [0.05, 0.1) is 5.69 Å². The van der Waals surface area contributed by atoms with Gasteiger partial charge in [-0.15, -0.1) is 11.3 Å². The lowest BCUT2D eigenvalue weighted by Gasteiger charge is -2.19. The monoisotopic (exact) mass is 368 g/mol. The number of likely N-dealkylation sites (N-methyl/N-ethyl adjacent to an activating group) is 1. The lowest BCUT2D eigenvalue weighted by molar-refractivity contribution is -0.128. The molecular formula is C20H20N2OS2. The molecule has 0 aliphatic rings. The molecule has 0 unspecified atom stereocenters. The summed E-state index contributed by atoms with van der Waals surface area (Å²) in [6.07, 6.45) is 0. The summed E-state index contributed by atoms with van der Waals surface area (Å²) in [4.78, 5) is 19.0. The summed E-state index contributed by atoms with van der Waals surface area (Å²) in [6, 6.07) is 18.2. The summed E-state index contributed by atoms with van der Waals surface area (Å²) < 4.78 is 0.902. The van der Waals surface area contributed by atoms with Gasteiger partial charge in [0.15, 0.2) is 4.34 Å². The first-order valence-corrected chi connectivity index (χ1v) is 9.76. The van der Waals surface area contributed by atoms with E-state index in [-0.39, 0.29) is 11.2 Å². The van der Waals surface area contributed by atoms with Gasteiger partial charge in [0.2, 0.25) is 5.91 Å². The predicted octanol–water partition coefficient (Wildman–Crippen LogP) is 5.04. The van der Waals surface area contributed by atoms with Crippen molar-refractivity contribution in [2.75, 3.05) is 14.1 Å². The van der Waals surface area contributed by atoms with Gasteiger partial charge in [0.1, 0.15) is 5.25 Å². The summed E-state index contributed by atoms with van der Waals surface area (Å²) in [5, 5.41) is 1.77. The van der Waals surface area contributed by atoms with E-state index in [0.717, 1.165) is 21.2 Å². The minimum Gasteiger partial charge on any atom is -0.348 e. The van der Waals surface area contributed by atoms with Gasteiger partial charge in [-0.05, 0) is 12.5 Å². The molecule has 3 rings (SSSR count). The van der Waals surface area contributed by atoms with Gasteiger partial charge in [-0.25, -0.2) is 4.98 Å². The van der Waals surface area contributed by atoms with Crippen molar-refractivity contribution in [1.29, 1.82) is 0 Å². The number of hydrogen-bond donors (Lipinski definition) is 0. The van der Waals surface area contributed by atoms with Crippen LogP contribution in [0.1, 0.15) is 16.4 Å². The predicted molar refractivity (Wildman–Crippen MR) is 106 cm³/mol. The highest BCUT2D eigenvalue weighted by molar-refractivity contribution is 8.01. The third-order valence-electron chi connectivity index (χ3n) is 3.82. The molecule has 0 bridgehead atoms.